The van der Waals surface area contributed by atoms with E-state index in [1.165, 1.54) is 0 Å². The number of carboxylic acid groups (broad SMARTS) is 1. The number of nitrogens with one attached hydrogen (secondary N) is 1. The van der Waals surface area contributed by atoms with Crippen molar-refractivity contribution in [2.45, 2.75) is 33.7 Å². The number of aliphatic carboxylic acids is 1. The Morgan fingerprint density at radius 2 is 1.94 bits per heavy atom. The number of carbonyl (C=O) groups is 1. The van der Waals surface area contributed by atoms with Crippen molar-refractivity contribution in [3.05, 3.63) is 0 Å². The zero-order valence-electron chi connectivity index (χ0n) is 10.7. The zero-order valence-corrected chi connectivity index (χ0v) is 11.5. The van der Waals surface area contributed by atoms with Crippen molar-refractivity contribution in [3.63, 3.8) is 0 Å². The minimum absolute atomic E-state index is 0.0579. The van der Waals surface area contributed by atoms with E-state index >= 15 is 0 Å². The standard InChI is InChI=1S/C10H21NO5S/c1-5-16-6-7-17(14,15)11-8(9(12)13)10(2,3)4/h8,11H,5-7H2,1-4H3,(H,12,13)/t8-/m1/s1. The van der Waals surface area contributed by atoms with Crippen LogP contribution in [-0.2, 0) is 19.6 Å². The van der Waals surface area contributed by atoms with E-state index in [0.717, 1.165) is 0 Å². The van der Waals surface area contributed by atoms with Crippen molar-refractivity contribution >= 4 is 16.0 Å². The predicted molar refractivity (Wildman–Crippen MR) is 64.3 cm³/mol. The van der Waals surface area contributed by atoms with Gasteiger partial charge in [0.15, 0.2) is 0 Å². The van der Waals surface area contributed by atoms with E-state index in [0.29, 0.717) is 6.61 Å². The number of rotatable bonds is 7. The molecule has 17 heavy (non-hydrogen) atoms. The molecule has 0 radical (unpaired) electrons. The van der Waals surface area contributed by atoms with Gasteiger partial charge in [-0.2, -0.15) is 0 Å². The van der Waals surface area contributed by atoms with Gasteiger partial charge < -0.3 is 9.84 Å². The summed E-state index contributed by atoms with van der Waals surface area (Å²) >= 11 is 0. The zero-order chi connectivity index (χ0) is 13.7. The summed E-state index contributed by atoms with van der Waals surface area (Å²) in [6.07, 6.45) is 0. The highest BCUT2D eigenvalue weighted by molar-refractivity contribution is 7.89. The van der Waals surface area contributed by atoms with Crippen LogP contribution in [0.3, 0.4) is 0 Å². The average Bonchev–Trinajstić information content (AvgIpc) is 2.12. The number of ether oxygens (including phenoxy) is 1. The van der Waals surface area contributed by atoms with Gasteiger partial charge in [-0.3, -0.25) is 4.79 Å². The van der Waals surface area contributed by atoms with Gasteiger partial charge in [0, 0.05) is 6.61 Å². The number of hydrogen-bond donors (Lipinski definition) is 2. The molecular formula is C10H21NO5S. The molecule has 0 unspecified atom stereocenters. The highest BCUT2D eigenvalue weighted by atomic mass is 32.2. The molecule has 0 aliphatic rings. The lowest BCUT2D eigenvalue weighted by atomic mass is 9.88. The van der Waals surface area contributed by atoms with Gasteiger partial charge in [0.25, 0.3) is 0 Å². The lowest BCUT2D eigenvalue weighted by Crippen LogP contribution is -2.49. The fraction of sp³-hybridized carbons (Fsp3) is 0.900. The molecule has 0 aromatic heterocycles. The third kappa shape index (κ3) is 6.60. The molecule has 0 aromatic rings. The molecule has 2 N–H and O–H groups in total. The Labute approximate surface area is 102 Å². The van der Waals surface area contributed by atoms with E-state index in [4.69, 9.17) is 9.84 Å². The van der Waals surface area contributed by atoms with Crippen LogP contribution in [0.5, 0.6) is 0 Å². The first-order chi connectivity index (χ1) is 7.60. The van der Waals surface area contributed by atoms with Crippen LogP contribution in [0.15, 0.2) is 0 Å². The lowest BCUT2D eigenvalue weighted by molar-refractivity contribution is -0.141. The van der Waals surface area contributed by atoms with Crippen LogP contribution >= 0.6 is 0 Å². The van der Waals surface area contributed by atoms with Crippen LogP contribution in [0.2, 0.25) is 0 Å². The number of sulfonamides is 1. The third-order valence-corrected chi connectivity index (χ3v) is 3.41. The van der Waals surface area contributed by atoms with Crippen LogP contribution in [0.25, 0.3) is 0 Å². The van der Waals surface area contributed by atoms with E-state index in [1.54, 1.807) is 27.7 Å². The molecule has 0 aliphatic carbocycles. The Bertz CT molecular complexity index is 344. The van der Waals surface area contributed by atoms with Gasteiger partial charge in [-0.1, -0.05) is 20.8 Å². The Hall–Kier alpha value is -0.660. The van der Waals surface area contributed by atoms with Gasteiger partial charge in [0.1, 0.15) is 6.04 Å². The summed E-state index contributed by atoms with van der Waals surface area (Å²) < 4.78 is 30.3. The van der Waals surface area contributed by atoms with Crippen LogP contribution in [0, 0.1) is 5.41 Å². The molecule has 0 saturated carbocycles. The Balaban J connectivity index is 4.61. The van der Waals surface area contributed by atoms with Gasteiger partial charge >= 0.3 is 5.97 Å². The molecule has 102 valence electrons. The van der Waals surface area contributed by atoms with Crippen LogP contribution < -0.4 is 4.72 Å². The van der Waals surface area contributed by atoms with Crippen molar-refractivity contribution < 1.29 is 23.1 Å². The Morgan fingerprint density at radius 1 is 1.41 bits per heavy atom. The van der Waals surface area contributed by atoms with Crippen LogP contribution in [-0.4, -0.2) is 44.5 Å². The molecule has 0 aromatic carbocycles. The Kier molecular flexibility index (Phi) is 6.08. The maximum Gasteiger partial charge on any atom is 0.322 e. The summed E-state index contributed by atoms with van der Waals surface area (Å²) in [6, 6.07) is -1.14. The molecular weight excluding hydrogens is 246 g/mol. The normalized spacial score (nSPS) is 14.6. The van der Waals surface area contributed by atoms with Gasteiger partial charge in [0.2, 0.25) is 10.0 Å². The fourth-order valence-electron chi connectivity index (χ4n) is 1.15. The first kappa shape index (κ1) is 16.3. The summed E-state index contributed by atoms with van der Waals surface area (Å²) in [4.78, 5) is 11.0. The molecule has 0 saturated heterocycles. The van der Waals surface area contributed by atoms with Crippen molar-refractivity contribution in [3.8, 4) is 0 Å². The first-order valence-corrected chi connectivity index (χ1v) is 7.06. The van der Waals surface area contributed by atoms with Gasteiger partial charge in [-0.15, -0.1) is 0 Å². The Morgan fingerprint density at radius 3 is 2.29 bits per heavy atom. The second-order valence-electron chi connectivity index (χ2n) is 4.77. The molecule has 7 heteroatoms. The van der Waals surface area contributed by atoms with Gasteiger partial charge in [-0.05, 0) is 12.3 Å². The summed E-state index contributed by atoms with van der Waals surface area (Å²) in [5.74, 6) is -1.42. The van der Waals surface area contributed by atoms with Crippen molar-refractivity contribution in [2.24, 2.45) is 5.41 Å². The van der Waals surface area contributed by atoms with E-state index in [2.05, 4.69) is 4.72 Å². The minimum atomic E-state index is -3.64. The van der Waals surface area contributed by atoms with Gasteiger partial charge in [0.05, 0.1) is 12.4 Å². The largest absolute Gasteiger partial charge is 0.480 e. The molecule has 0 rings (SSSR count). The molecule has 0 spiro atoms. The third-order valence-electron chi connectivity index (χ3n) is 2.11. The number of hydrogen-bond acceptors (Lipinski definition) is 4. The molecule has 0 aliphatic heterocycles. The second kappa shape index (κ2) is 6.32. The minimum Gasteiger partial charge on any atom is -0.480 e. The average molecular weight is 267 g/mol. The van der Waals surface area contributed by atoms with Crippen LogP contribution in [0.1, 0.15) is 27.7 Å². The van der Waals surface area contributed by atoms with Crippen molar-refractivity contribution in [1.29, 1.82) is 0 Å². The summed E-state index contributed by atoms with van der Waals surface area (Å²) in [5, 5.41) is 8.99. The monoisotopic (exact) mass is 267 g/mol. The molecule has 1 atom stereocenters. The maximum absolute atomic E-state index is 11.6. The SMILES string of the molecule is CCOCCS(=O)(=O)N[C@H](C(=O)O)C(C)(C)C. The molecule has 6 nitrogen and oxygen atoms in total. The smallest absolute Gasteiger partial charge is 0.322 e. The highest BCUT2D eigenvalue weighted by Crippen LogP contribution is 2.20. The van der Waals surface area contributed by atoms with Crippen molar-refractivity contribution in [1.82, 2.24) is 4.72 Å². The topological polar surface area (TPSA) is 92.7 Å². The highest BCUT2D eigenvalue weighted by Gasteiger charge is 2.34. The van der Waals surface area contributed by atoms with E-state index in [-0.39, 0.29) is 12.4 Å². The lowest BCUT2D eigenvalue weighted by Gasteiger charge is -2.27. The van der Waals surface area contributed by atoms with E-state index in [9.17, 15) is 13.2 Å². The molecule has 0 fully saturated rings. The van der Waals surface area contributed by atoms with Crippen LogP contribution in [0.4, 0.5) is 0 Å². The quantitative estimate of drug-likeness (QED) is 0.653. The molecule has 0 amide bonds. The maximum atomic E-state index is 11.6. The molecule has 0 heterocycles. The number of carboxylic acids is 1. The summed E-state index contributed by atoms with van der Waals surface area (Å²) in [6.45, 7) is 7.24. The van der Waals surface area contributed by atoms with E-state index in [1.807, 2.05) is 0 Å². The van der Waals surface area contributed by atoms with E-state index < -0.39 is 27.4 Å². The van der Waals surface area contributed by atoms with Crippen molar-refractivity contribution in [2.75, 3.05) is 19.0 Å². The second-order valence-corrected chi connectivity index (χ2v) is 6.64. The fourth-order valence-corrected chi connectivity index (χ4v) is 2.42. The first-order valence-electron chi connectivity index (χ1n) is 5.40. The summed E-state index contributed by atoms with van der Waals surface area (Å²) in [7, 11) is -3.64. The molecule has 0 bridgehead atoms. The van der Waals surface area contributed by atoms with Gasteiger partial charge in [-0.25, -0.2) is 13.1 Å². The predicted octanol–water partition coefficient (Wildman–Crippen LogP) is 0.442. The summed E-state index contributed by atoms with van der Waals surface area (Å²) in [5.41, 5.74) is -0.690.